The average Bonchev–Trinajstić information content (AvgIpc) is 2.26. The van der Waals surface area contributed by atoms with Crippen LogP contribution < -0.4 is 11.1 Å². The van der Waals surface area contributed by atoms with Crippen LogP contribution in [0.3, 0.4) is 0 Å². The number of terminal acetylenes is 1. The minimum atomic E-state index is -0.463. The predicted octanol–water partition coefficient (Wildman–Crippen LogP) is -0.509. The molecule has 0 aromatic heterocycles. The number of carbonyl (C=O) groups is 1. The predicted molar refractivity (Wildman–Crippen MR) is 53.4 cm³/mol. The van der Waals surface area contributed by atoms with Gasteiger partial charge >= 0.3 is 0 Å². The van der Waals surface area contributed by atoms with Crippen LogP contribution in [0.25, 0.3) is 0 Å². The molecular weight excluding hydrogens is 180 g/mol. The van der Waals surface area contributed by atoms with Crippen LogP contribution in [0.15, 0.2) is 0 Å². The molecule has 78 valence electrons. The quantitative estimate of drug-likeness (QED) is 0.598. The first-order chi connectivity index (χ1) is 6.75. The van der Waals surface area contributed by atoms with Gasteiger partial charge in [0.25, 0.3) is 0 Å². The summed E-state index contributed by atoms with van der Waals surface area (Å²) in [7, 11) is 0. The fourth-order valence-corrected chi connectivity index (χ4v) is 1.60. The number of hydrogen-bond donors (Lipinski definition) is 2. The van der Waals surface area contributed by atoms with E-state index in [4.69, 9.17) is 16.9 Å². The number of nitrogens with two attached hydrogens (primary N) is 1. The monoisotopic (exact) mass is 196 g/mol. The van der Waals surface area contributed by atoms with E-state index in [-0.39, 0.29) is 12.5 Å². The molecular formula is C10H16N2O2. The molecule has 4 heteroatoms. The van der Waals surface area contributed by atoms with Crippen LogP contribution in [-0.2, 0) is 9.53 Å². The maximum Gasteiger partial charge on any atom is 0.228 e. The van der Waals surface area contributed by atoms with E-state index < -0.39 is 5.41 Å². The highest BCUT2D eigenvalue weighted by atomic mass is 16.5. The molecule has 1 saturated heterocycles. The van der Waals surface area contributed by atoms with E-state index in [9.17, 15) is 4.79 Å². The lowest BCUT2D eigenvalue weighted by atomic mass is 9.79. The van der Waals surface area contributed by atoms with Crippen LogP contribution >= 0.6 is 0 Å². The number of carbonyl (C=O) groups excluding carboxylic acids is 1. The van der Waals surface area contributed by atoms with Crippen molar-refractivity contribution in [3.05, 3.63) is 0 Å². The number of rotatable bonds is 3. The maximum atomic E-state index is 11.8. The van der Waals surface area contributed by atoms with E-state index in [2.05, 4.69) is 11.2 Å². The van der Waals surface area contributed by atoms with E-state index in [0.29, 0.717) is 32.6 Å². The fraction of sp³-hybridized carbons (Fsp3) is 0.700. The van der Waals surface area contributed by atoms with Crippen molar-refractivity contribution in [2.45, 2.75) is 12.8 Å². The maximum absolute atomic E-state index is 11.8. The average molecular weight is 196 g/mol. The molecule has 14 heavy (non-hydrogen) atoms. The van der Waals surface area contributed by atoms with Crippen LogP contribution in [0.4, 0.5) is 0 Å². The van der Waals surface area contributed by atoms with E-state index >= 15 is 0 Å². The van der Waals surface area contributed by atoms with Crippen molar-refractivity contribution in [1.82, 2.24) is 5.32 Å². The number of ether oxygens (including phenoxy) is 1. The lowest BCUT2D eigenvalue weighted by Gasteiger charge is -2.34. The van der Waals surface area contributed by atoms with Gasteiger partial charge < -0.3 is 15.8 Å². The molecule has 0 atom stereocenters. The molecule has 0 saturated carbocycles. The van der Waals surface area contributed by atoms with Gasteiger partial charge in [0.05, 0.1) is 12.0 Å². The van der Waals surface area contributed by atoms with Gasteiger partial charge in [-0.3, -0.25) is 4.79 Å². The molecule has 1 fully saturated rings. The fourth-order valence-electron chi connectivity index (χ4n) is 1.60. The lowest BCUT2D eigenvalue weighted by Crippen LogP contribution is -2.49. The van der Waals surface area contributed by atoms with E-state index in [0.717, 1.165) is 0 Å². The van der Waals surface area contributed by atoms with Gasteiger partial charge in [0.15, 0.2) is 0 Å². The van der Waals surface area contributed by atoms with Gasteiger partial charge in [-0.05, 0) is 12.8 Å². The summed E-state index contributed by atoms with van der Waals surface area (Å²) in [6.45, 7) is 1.82. The summed E-state index contributed by atoms with van der Waals surface area (Å²) in [5, 5.41) is 2.68. The Hall–Kier alpha value is -1.05. The van der Waals surface area contributed by atoms with Gasteiger partial charge in [0.2, 0.25) is 5.91 Å². The van der Waals surface area contributed by atoms with E-state index in [1.807, 2.05) is 0 Å². The Morgan fingerprint density at radius 2 is 2.21 bits per heavy atom. The summed E-state index contributed by atoms with van der Waals surface area (Å²) >= 11 is 0. The van der Waals surface area contributed by atoms with Crippen molar-refractivity contribution in [2.24, 2.45) is 11.1 Å². The number of nitrogens with one attached hydrogen (secondary N) is 1. The largest absolute Gasteiger partial charge is 0.381 e. The molecule has 1 rings (SSSR count). The van der Waals surface area contributed by atoms with Crippen LogP contribution in [0, 0.1) is 17.8 Å². The molecule has 1 amide bonds. The molecule has 0 unspecified atom stereocenters. The normalized spacial score (nSPS) is 19.7. The third kappa shape index (κ3) is 2.25. The molecule has 0 bridgehead atoms. The van der Waals surface area contributed by atoms with Gasteiger partial charge in [0, 0.05) is 19.8 Å². The number of hydrogen-bond acceptors (Lipinski definition) is 3. The van der Waals surface area contributed by atoms with Crippen molar-refractivity contribution in [1.29, 1.82) is 0 Å². The first-order valence-corrected chi connectivity index (χ1v) is 4.75. The Morgan fingerprint density at radius 1 is 1.57 bits per heavy atom. The zero-order valence-corrected chi connectivity index (χ0v) is 8.21. The van der Waals surface area contributed by atoms with Crippen molar-refractivity contribution >= 4 is 5.91 Å². The van der Waals surface area contributed by atoms with Gasteiger partial charge in [0.1, 0.15) is 0 Å². The molecule has 1 aliphatic heterocycles. The van der Waals surface area contributed by atoms with Gasteiger partial charge in [-0.25, -0.2) is 0 Å². The van der Waals surface area contributed by atoms with Crippen LogP contribution in [0.1, 0.15) is 12.8 Å². The highest BCUT2D eigenvalue weighted by Crippen LogP contribution is 2.29. The first kappa shape index (κ1) is 11.0. The molecule has 1 heterocycles. The summed E-state index contributed by atoms with van der Waals surface area (Å²) in [6, 6.07) is 0. The second kappa shape index (κ2) is 4.99. The SMILES string of the molecule is C#CCNC(=O)C1(CN)CCOCC1. The Bertz CT molecular complexity index is 239. The standard InChI is InChI=1S/C10H16N2O2/c1-2-5-12-9(13)10(8-11)3-6-14-7-4-10/h1H,3-8,11H2,(H,12,13). The Kier molecular flexibility index (Phi) is 3.93. The number of amides is 1. The van der Waals surface area contributed by atoms with Gasteiger partial charge in [-0.2, -0.15) is 0 Å². The second-order valence-corrected chi connectivity index (χ2v) is 3.48. The molecule has 0 radical (unpaired) electrons. The summed E-state index contributed by atoms with van der Waals surface area (Å²) < 4.78 is 5.21. The zero-order chi connectivity index (χ0) is 10.4. The third-order valence-corrected chi connectivity index (χ3v) is 2.67. The molecule has 0 spiro atoms. The molecule has 1 aliphatic rings. The smallest absolute Gasteiger partial charge is 0.228 e. The molecule has 0 aromatic carbocycles. The minimum absolute atomic E-state index is 0.0405. The van der Waals surface area contributed by atoms with E-state index in [1.54, 1.807) is 0 Å². The van der Waals surface area contributed by atoms with E-state index in [1.165, 1.54) is 0 Å². The van der Waals surface area contributed by atoms with Crippen molar-refractivity contribution in [2.75, 3.05) is 26.3 Å². The Balaban J connectivity index is 2.58. The molecule has 3 N–H and O–H groups in total. The Morgan fingerprint density at radius 3 is 2.71 bits per heavy atom. The lowest BCUT2D eigenvalue weighted by molar-refractivity contribution is -0.135. The second-order valence-electron chi connectivity index (χ2n) is 3.48. The van der Waals surface area contributed by atoms with Crippen molar-refractivity contribution < 1.29 is 9.53 Å². The van der Waals surface area contributed by atoms with Gasteiger partial charge in [-0.15, -0.1) is 6.42 Å². The first-order valence-electron chi connectivity index (χ1n) is 4.75. The van der Waals surface area contributed by atoms with Crippen LogP contribution in [-0.4, -0.2) is 32.2 Å². The summed E-state index contributed by atoms with van der Waals surface area (Å²) in [5.41, 5.74) is 5.18. The summed E-state index contributed by atoms with van der Waals surface area (Å²) in [5.74, 6) is 2.33. The van der Waals surface area contributed by atoms with Gasteiger partial charge in [-0.1, -0.05) is 5.92 Å². The minimum Gasteiger partial charge on any atom is -0.381 e. The van der Waals surface area contributed by atoms with Crippen molar-refractivity contribution in [3.63, 3.8) is 0 Å². The van der Waals surface area contributed by atoms with Crippen molar-refractivity contribution in [3.8, 4) is 12.3 Å². The molecule has 0 aliphatic carbocycles. The third-order valence-electron chi connectivity index (χ3n) is 2.67. The highest BCUT2D eigenvalue weighted by molar-refractivity contribution is 5.83. The Labute approximate surface area is 84.2 Å². The molecule has 4 nitrogen and oxygen atoms in total. The van der Waals surface area contributed by atoms with Crippen LogP contribution in [0.2, 0.25) is 0 Å². The molecule has 0 aromatic rings. The van der Waals surface area contributed by atoms with Crippen LogP contribution in [0.5, 0.6) is 0 Å². The topological polar surface area (TPSA) is 64.4 Å². The summed E-state index contributed by atoms with van der Waals surface area (Å²) in [6.07, 6.45) is 6.43. The zero-order valence-electron chi connectivity index (χ0n) is 8.21. The highest BCUT2D eigenvalue weighted by Gasteiger charge is 2.38. The summed E-state index contributed by atoms with van der Waals surface area (Å²) in [4.78, 5) is 11.8.